The Morgan fingerprint density at radius 2 is 0.500 bits per heavy atom. The predicted molar refractivity (Wildman–Crippen MR) is 533 cm³/mol. The van der Waals surface area contributed by atoms with Crippen LogP contribution in [0.25, 0.3) is 243 Å². The minimum atomic E-state index is 0.942. The Labute approximate surface area is 734 Å². The summed E-state index contributed by atoms with van der Waals surface area (Å²) < 4.78 is 13.4. The molecule has 0 amide bonds. The van der Waals surface area contributed by atoms with Crippen LogP contribution in [0.15, 0.2) is 419 Å². The van der Waals surface area contributed by atoms with Gasteiger partial charge in [0.15, 0.2) is 0 Å². The molecule has 0 radical (unpaired) electrons. The second-order valence-corrected chi connectivity index (χ2v) is 35.0. The molecule has 18 aromatic carbocycles. The van der Waals surface area contributed by atoms with E-state index in [0.717, 1.165) is 89.2 Å². The number of pyridine rings is 3. The van der Waals surface area contributed by atoms with E-state index in [4.69, 9.17) is 15.0 Å². The van der Waals surface area contributed by atoms with Crippen LogP contribution in [0, 0.1) is 0 Å². The Morgan fingerprint density at radius 1 is 0.190 bits per heavy atom. The SMILES string of the molecule is c1ccc(-c2nc3c4ccccc4c4ccccc4c3n2-c2ccc(-c3cccc4c3sc3ccncc34)cc2)cc1.c1ccc(-c2nc3c4ccccc4c4ccccc4c3n2-c2ccc(-c3cccc4c3sc3cnccc34)cc2)cc1.c1ccc(-c2nc3c4ccccc4c4ccccc4c3n2-c2ccc(-c3cccc4c3sc3ncccc34)cc2)cc1. The summed E-state index contributed by atoms with van der Waals surface area (Å²) in [5, 5.41) is 22.0. The van der Waals surface area contributed by atoms with Crippen molar-refractivity contribution >= 4 is 192 Å². The van der Waals surface area contributed by atoms with Crippen molar-refractivity contribution in [1.29, 1.82) is 0 Å². The van der Waals surface area contributed by atoms with Gasteiger partial charge >= 0.3 is 0 Å². The fourth-order valence-corrected chi connectivity index (χ4v) is 22.8. The van der Waals surface area contributed by atoms with Gasteiger partial charge in [0.2, 0.25) is 0 Å². The van der Waals surface area contributed by atoms with Gasteiger partial charge in [-0.3, -0.25) is 23.7 Å². The molecular formula is C114H69N9S3. The molecule has 0 atom stereocenters. The van der Waals surface area contributed by atoms with Crippen LogP contribution >= 0.6 is 34.0 Å². The molecule has 27 aromatic rings. The van der Waals surface area contributed by atoms with Gasteiger partial charge < -0.3 is 0 Å². The van der Waals surface area contributed by atoms with Crippen molar-refractivity contribution in [3.63, 3.8) is 0 Å². The molecule has 0 saturated carbocycles. The molecule has 9 heterocycles. The first-order chi connectivity index (χ1) is 62.5. The van der Waals surface area contributed by atoms with E-state index >= 15 is 0 Å². The third-order valence-electron chi connectivity index (χ3n) is 24.9. The zero-order valence-electron chi connectivity index (χ0n) is 67.6. The molecule has 0 aliphatic heterocycles. The van der Waals surface area contributed by atoms with E-state index in [-0.39, 0.29) is 0 Å². The number of benzene rings is 18. The highest BCUT2D eigenvalue weighted by molar-refractivity contribution is 7.27. The Kier molecular flexibility index (Phi) is 17.3. The number of hydrogen-bond acceptors (Lipinski definition) is 9. The molecule has 0 bridgehead atoms. The van der Waals surface area contributed by atoms with Crippen LogP contribution in [-0.2, 0) is 0 Å². The van der Waals surface area contributed by atoms with Crippen LogP contribution in [0.3, 0.4) is 0 Å². The second-order valence-electron chi connectivity index (χ2n) is 31.9. The van der Waals surface area contributed by atoms with E-state index in [1.165, 1.54) is 154 Å². The number of hydrogen-bond donors (Lipinski definition) is 0. The number of rotatable bonds is 9. The molecule has 9 nitrogen and oxygen atoms in total. The van der Waals surface area contributed by atoms with Gasteiger partial charge in [-0.15, -0.1) is 34.0 Å². The average molecular weight is 1660 g/mol. The van der Waals surface area contributed by atoms with E-state index in [0.29, 0.717) is 0 Å². The Balaban J connectivity index is 0.000000103. The average Bonchev–Trinajstić information content (AvgIpc) is 1.55. The molecule has 588 valence electrons. The molecule has 0 fully saturated rings. The largest absolute Gasteiger partial charge is 0.292 e. The van der Waals surface area contributed by atoms with Gasteiger partial charge in [0.1, 0.15) is 22.3 Å². The van der Waals surface area contributed by atoms with Crippen molar-refractivity contribution in [3.05, 3.63) is 419 Å². The summed E-state index contributed by atoms with van der Waals surface area (Å²) in [4.78, 5) is 30.5. The minimum absolute atomic E-state index is 0.942. The van der Waals surface area contributed by atoms with Crippen molar-refractivity contribution in [1.82, 2.24) is 43.6 Å². The molecule has 12 heteroatoms. The van der Waals surface area contributed by atoms with E-state index in [9.17, 15) is 0 Å². The third kappa shape index (κ3) is 11.9. The van der Waals surface area contributed by atoms with Gasteiger partial charge in [-0.25, -0.2) is 19.9 Å². The lowest BCUT2D eigenvalue weighted by Gasteiger charge is -2.13. The lowest BCUT2D eigenvalue weighted by molar-refractivity contribution is 1.11. The first kappa shape index (κ1) is 72.8. The third-order valence-corrected chi connectivity index (χ3v) is 28.4. The molecule has 0 unspecified atom stereocenters. The van der Waals surface area contributed by atoms with Gasteiger partial charge in [0, 0.05) is 148 Å². The monoisotopic (exact) mass is 1660 g/mol. The summed E-state index contributed by atoms with van der Waals surface area (Å²) in [6, 6.07) is 139. The van der Waals surface area contributed by atoms with Gasteiger partial charge in [0.25, 0.3) is 0 Å². The molecule has 0 N–H and O–H groups in total. The van der Waals surface area contributed by atoms with E-state index in [1.54, 1.807) is 11.3 Å². The zero-order chi connectivity index (χ0) is 82.9. The number of aromatic nitrogens is 9. The molecule has 27 rings (SSSR count). The van der Waals surface area contributed by atoms with Gasteiger partial charge in [-0.2, -0.15) is 0 Å². The maximum atomic E-state index is 5.34. The number of fused-ring (bicyclic) bond motifs is 27. The second kappa shape index (κ2) is 30.0. The number of thiophene rings is 3. The topological polar surface area (TPSA) is 92.1 Å². The minimum Gasteiger partial charge on any atom is -0.292 e. The molecule has 0 aliphatic carbocycles. The summed E-state index contributed by atoms with van der Waals surface area (Å²) in [5.74, 6) is 2.83. The van der Waals surface area contributed by atoms with Crippen molar-refractivity contribution < 1.29 is 0 Å². The van der Waals surface area contributed by atoms with Crippen molar-refractivity contribution in [3.8, 4) is 84.6 Å². The first-order valence-corrected chi connectivity index (χ1v) is 44.7. The van der Waals surface area contributed by atoms with Gasteiger partial charge in [-0.1, -0.05) is 328 Å². The van der Waals surface area contributed by atoms with Crippen LogP contribution in [0.5, 0.6) is 0 Å². The fourth-order valence-electron chi connectivity index (χ4n) is 19.2. The first-order valence-electron chi connectivity index (χ1n) is 42.3. The molecule has 0 spiro atoms. The quantitative estimate of drug-likeness (QED) is 0.134. The number of nitrogens with zero attached hydrogens (tertiary/aromatic N) is 9. The highest BCUT2D eigenvalue weighted by Gasteiger charge is 2.26. The van der Waals surface area contributed by atoms with Gasteiger partial charge in [-0.05, 0) is 126 Å². The van der Waals surface area contributed by atoms with Crippen LogP contribution in [-0.4, -0.2) is 43.6 Å². The van der Waals surface area contributed by atoms with Gasteiger partial charge in [0.05, 0.1) is 37.8 Å². The Hall–Kier alpha value is -16.0. The number of imidazole rings is 3. The molecular weight excluding hydrogens is 1590 g/mol. The molecule has 9 aromatic heterocycles. The molecule has 126 heavy (non-hydrogen) atoms. The lowest BCUT2D eigenvalue weighted by atomic mass is 9.99. The Bertz CT molecular complexity index is 8190. The van der Waals surface area contributed by atoms with E-state index in [2.05, 4.69) is 411 Å². The van der Waals surface area contributed by atoms with Crippen molar-refractivity contribution in [2.24, 2.45) is 0 Å². The standard InChI is InChI=1S/3C38H23N3S/c1-2-10-25(11-3-1)37-40-34-30-14-6-4-12-28(30)29-13-5-7-15-31(29)35(34)41(37)26-21-19-24(20-22-26)27-16-8-17-32-33-18-9-23-39-38(33)42-36(27)32;1-2-9-25(10-3-1)38-40-35-31-13-6-4-11-28(31)29-12-5-7-14-32(29)36(35)41(38)26-19-17-24(18-20-26)27-15-8-16-33-30-21-22-39-23-34(30)42-37(27)33;1-2-9-25(10-3-1)38-40-35-30-13-6-4-11-28(30)29-12-5-7-14-31(29)36(35)41(38)26-19-17-24(18-20-26)27-15-8-16-32-33-23-39-22-21-34(33)42-37(27)32/h3*1-23H. The summed E-state index contributed by atoms with van der Waals surface area (Å²) in [6.45, 7) is 0. The smallest absolute Gasteiger partial charge is 0.145 e. The van der Waals surface area contributed by atoms with Crippen molar-refractivity contribution in [2.75, 3.05) is 0 Å². The summed E-state index contributed by atoms with van der Waals surface area (Å²) >= 11 is 5.41. The highest BCUT2D eigenvalue weighted by atomic mass is 32.1. The van der Waals surface area contributed by atoms with E-state index < -0.39 is 0 Å². The zero-order valence-corrected chi connectivity index (χ0v) is 70.0. The van der Waals surface area contributed by atoms with Crippen LogP contribution in [0.2, 0.25) is 0 Å². The maximum absolute atomic E-state index is 5.34. The summed E-state index contributed by atoms with van der Waals surface area (Å²) in [6.07, 6.45) is 9.57. The molecule has 0 aliphatic rings. The Morgan fingerprint density at radius 3 is 0.905 bits per heavy atom. The van der Waals surface area contributed by atoms with Crippen molar-refractivity contribution in [2.45, 2.75) is 0 Å². The van der Waals surface area contributed by atoms with E-state index in [1.807, 2.05) is 59.7 Å². The normalized spacial score (nSPS) is 11.8. The predicted octanol–water partition coefficient (Wildman–Crippen LogP) is 31.3. The fraction of sp³-hybridized carbons (Fsp3) is 0. The lowest BCUT2D eigenvalue weighted by Crippen LogP contribution is -1.98. The summed E-state index contributed by atoms with van der Waals surface area (Å²) in [5.41, 5.74) is 20.3. The summed E-state index contributed by atoms with van der Waals surface area (Å²) in [7, 11) is 0. The van der Waals surface area contributed by atoms with Crippen LogP contribution in [0.4, 0.5) is 0 Å². The van der Waals surface area contributed by atoms with Crippen LogP contribution < -0.4 is 0 Å². The molecule has 0 saturated heterocycles. The highest BCUT2D eigenvalue weighted by Crippen LogP contribution is 2.48. The van der Waals surface area contributed by atoms with Crippen LogP contribution in [0.1, 0.15) is 0 Å². The maximum Gasteiger partial charge on any atom is 0.145 e.